The minimum absolute atomic E-state index is 0.0164. The highest BCUT2D eigenvalue weighted by Gasteiger charge is 2.37. The predicted molar refractivity (Wildman–Crippen MR) is 80.6 cm³/mol. The third-order valence-corrected chi connectivity index (χ3v) is 5.20. The molecule has 23 heavy (non-hydrogen) atoms. The molecule has 1 aliphatic carbocycles. The molecule has 7 heteroatoms. The van der Waals surface area contributed by atoms with Crippen LogP contribution < -0.4 is 0 Å². The second-order valence-electron chi connectivity index (χ2n) is 6.24. The Morgan fingerprint density at radius 2 is 2.00 bits per heavy atom. The molecule has 122 valence electrons. The first kappa shape index (κ1) is 16.0. The SMILES string of the molecule is CC1(C)CCc2nc(-c3ccc(O)c(C(F)(F)F)c3)sc2C1=O. The lowest BCUT2D eigenvalue weighted by molar-refractivity contribution is -0.138. The topological polar surface area (TPSA) is 50.2 Å². The second kappa shape index (κ2) is 5.06. The fraction of sp³-hybridized carbons (Fsp3) is 0.375. The third kappa shape index (κ3) is 2.73. The third-order valence-electron chi connectivity index (χ3n) is 4.05. The van der Waals surface area contributed by atoms with Gasteiger partial charge in [0.25, 0.3) is 0 Å². The monoisotopic (exact) mass is 341 g/mol. The van der Waals surface area contributed by atoms with Gasteiger partial charge in [0.2, 0.25) is 0 Å². The molecule has 1 heterocycles. The minimum Gasteiger partial charge on any atom is -0.507 e. The van der Waals surface area contributed by atoms with Crippen LogP contribution in [-0.4, -0.2) is 15.9 Å². The molecule has 0 saturated carbocycles. The summed E-state index contributed by atoms with van der Waals surface area (Å²) in [6.07, 6.45) is -3.34. The summed E-state index contributed by atoms with van der Waals surface area (Å²) in [5.41, 5.74) is -0.672. The van der Waals surface area contributed by atoms with E-state index < -0.39 is 22.9 Å². The fourth-order valence-electron chi connectivity index (χ4n) is 2.57. The number of nitrogens with zero attached hydrogens (tertiary/aromatic N) is 1. The summed E-state index contributed by atoms with van der Waals surface area (Å²) in [6, 6.07) is 3.25. The van der Waals surface area contributed by atoms with E-state index in [4.69, 9.17) is 0 Å². The lowest BCUT2D eigenvalue weighted by Gasteiger charge is -2.26. The second-order valence-corrected chi connectivity index (χ2v) is 7.24. The van der Waals surface area contributed by atoms with Gasteiger partial charge in [-0.1, -0.05) is 13.8 Å². The zero-order valence-electron chi connectivity index (χ0n) is 12.5. The number of aromatic nitrogens is 1. The Balaban J connectivity index is 2.07. The van der Waals surface area contributed by atoms with E-state index in [0.717, 1.165) is 23.5 Å². The largest absolute Gasteiger partial charge is 0.507 e. The number of benzene rings is 1. The van der Waals surface area contributed by atoms with Crippen LogP contribution in [0.25, 0.3) is 10.6 Å². The molecule has 0 atom stereocenters. The van der Waals surface area contributed by atoms with Crippen LogP contribution in [-0.2, 0) is 12.6 Å². The normalized spacial score (nSPS) is 17.2. The average molecular weight is 341 g/mol. The molecule has 0 amide bonds. The van der Waals surface area contributed by atoms with Gasteiger partial charge < -0.3 is 5.11 Å². The number of Topliss-reactive ketones (excluding diaryl/α,β-unsaturated/α-hetero) is 1. The Hall–Kier alpha value is -1.89. The van der Waals surface area contributed by atoms with Gasteiger partial charge in [-0.3, -0.25) is 4.79 Å². The van der Waals surface area contributed by atoms with E-state index in [0.29, 0.717) is 28.4 Å². The molecule has 1 aliphatic rings. The number of ketones is 1. The highest BCUT2D eigenvalue weighted by molar-refractivity contribution is 7.17. The first-order valence-electron chi connectivity index (χ1n) is 7.05. The molecular formula is C16H14F3NO2S. The van der Waals surface area contributed by atoms with Crippen molar-refractivity contribution in [3.63, 3.8) is 0 Å². The van der Waals surface area contributed by atoms with Crippen LogP contribution in [0.3, 0.4) is 0 Å². The average Bonchev–Trinajstić information content (AvgIpc) is 2.87. The van der Waals surface area contributed by atoms with Crippen molar-refractivity contribution in [2.24, 2.45) is 5.41 Å². The zero-order valence-corrected chi connectivity index (χ0v) is 13.3. The summed E-state index contributed by atoms with van der Waals surface area (Å²) < 4.78 is 38.7. The van der Waals surface area contributed by atoms with Crippen LogP contribution in [0, 0.1) is 5.41 Å². The van der Waals surface area contributed by atoms with Gasteiger partial charge in [-0.05, 0) is 31.0 Å². The Bertz CT molecular complexity index is 793. The molecule has 3 nitrogen and oxygen atoms in total. The van der Waals surface area contributed by atoms with Crippen molar-refractivity contribution in [3.05, 3.63) is 34.3 Å². The summed E-state index contributed by atoms with van der Waals surface area (Å²) in [6.45, 7) is 3.72. The number of phenolic OH excluding ortho intramolecular Hbond substituents is 1. The van der Waals surface area contributed by atoms with Crippen molar-refractivity contribution in [2.75, 3.05) is 0 Å². The maximum absolute atomic E-state index is 12.9. The van der Waals surface area contributed by atoms with Gasteiger partial charge in [0, 0.05) is 11.0 Å². The fourth-order valence-corrected chi connectivity index (χ4v) is 3.80. The molecule has 2 aromatic rings. The molecule has 0 spiro atoms. The molecule has 0 saturated heterocycles. The van der Waals surface area contributed by atoms with E-state index in [1.54, 1.807) is 0 Å². The number of hydrogen-bond acceptors (Lipinski definition) is 4. The molecular weight excluding hydrogens is 327 g/mol. The number of phenols is 1. The number of halogens is 3. The van der Waals surface area contributed by atoms with Crippen molar-refractivity contribution in [2.45, 2.75) is 32.9 Å². The molecule has 1 aromatic carbocycles. The number of carbonyl (C=O) groups excluding carboxylic acids is 1. The van der Waals surface area contributed by atoms with Crippen molar-refractivity contribution < 1.29 is 23.1 Å². The Morgan fingerprint density at radius 1 is 1.30 bits per heavy atom. The van der Waals surface area contributed by atoms with Crippen LogP contribution in [0.4, 0.5) is 13.2 Å². The number of carbonyl (C=O) groups is 1. The molecule has 0 radical (unpaired) electrons. The number of hydrogen-bond donors (Lipinski definition) is 1. The van der Waals surface area contributed by atoms with Crippen LogP contribution in [0.1, 0.15) is 41.2 Å². The summed E-state index contributed by atoms with van der Waals surface area (Å²) >= 11 is 1.11. The maximum atomic E-state index is 12.9. The zero-order chi connectivity index (χ0) is 17.0. The van der Waals surface area contributed by atoms with Gasteiger partial charge in [-0.15, -0.1) is 11.3 Å². The number of thiazole rings is 1. The van der Waals surface area contributed by atoms with Gasteiger partial charge in [0.15, 0.2) is 5.78 Å². The summed E-state index contributed by atoms with van der Waals surface area (Å²) in [4.78, 5) is 17.3. The van der Waals surface area contributed by atoms with E-state index in [1.165, 1.54) is 6.07 Å². The van der Waals surface area contributed by atoms with Crippen LogP contribution in [0.15, 0.2) is 18.2 Å². The number of aromatic hydroxyl groups is 1. The van der Waals surface area contributed by atoms with Crippen molar-refractivity contribution >= 4 is 17.1 Å². The van der Waals surface area contributed by atoms with Gasteiger partial charge in [0.1, 0.15) is 10.8 Å². The highest BCUT2D eigenvalue weighted by Crippen LogP contribution is 2.42. The van der Waals surface area contributed by atoms with E-state index in [2.05, 4.69) is 4.98 Å². The van der Waals surface area contributed by atoms with Gasteiger partial charge in [0.05, 0.1) is 16.1 Å². The Labute approximate surface area is 134 Å². The van der Waals surface area contributed by atoms with E-state index in [9.17, 15) is 23.1 Å². The summed E-state index contributed by atoms with van der Waals surface area (Å²) in [5.74, 6) is -0.836. The molecule has 0 bridgehead atoms. The number of rotatable bonds is 1. The van der Waals surface area contributed by atoms with Crippen molar-refractivity contribution in [1.29, 1.82) is 0 Å². The van der Waals surface area contributed by atoms with Crippen LogP contribution in [0.2, 0.25) is 0 Å². The van der Waals surface area contributed by atoms with Gasteiger partial charge >= 0.3 is 6.18 Å². The Kier molecular flexibility index (Phi) is 3.51. The van der Waals surface area contributed by atoms with E-state index in [1.807, 2.05) is 13.8 Å². The maximum Gasteiger partial charge on any atom is 0.419 e. The molecule has 3 rings (SSSR count). The molecule has 0 fully saturated rings. The first-order chi connectivity index (χ1) is 10.6. The standard InChI is InChI=1S/C16H14F3NO2S/c1-15(2)6-5-10-12(13(15)22)23-14(20-10)8-3-4-11(21)9(7-8)16(17,18)19/h3-4,7,21H,5-6H2,1-2H3. The van der Waals surface area contributed by atoms with E-state index >= 15 is 0 Å². The lowest BCUT2D eigenvalue weighted by Crippen LogP contribution is -2.29. The minimum atomic E-state index is -4.64. The summed E-state index contributed by atoms with van der Waals surface area (Å²) in [7, 11) is 0. The number of alkyl halides is 3. The van der Waals surface area contributed by atoms with E-state index in [-0.39, 0.29) is 11.3 Å². The first-order valence-corrected chi connectivity index (χ1v) is 7.86. The quantitative estimate of drug-likeness (QED) is 0.819. The van der Waals surface area contributed by atoms with Crippen LogP contribution in [0.5, 0.6) is 5.75 Å². The van der Waals surface area contributed by atoms with Crippen molar-refractivity contribution in [1.82, 2.24) is 4.98 Å². The molecule has 0 aliphatic heterocycles. The van der Waals surface area contributed by atoms with Crippen molar-refractivity contribution in [3.8, 4) is 16.3 Å². The number of aryl methyl sites for hydroxylation is 1. The van der Waals surface area contributed by atoms with Crippen LogP contribution >= 0.6 is 11.3 Å². The Morgan fingerprint density at radius 3 is 2.65 bits per heavy atom. The molecule has 1 aromatic heterocycles. The predicted octanol–water partition coefficient (Wildman–Crippen LogP) is 4.69. The van der Waals surface area contributed by atoms with Gasteiger partial charge in [-0.2, -0.15) is 13.2 Å². The smallest absolute Gasteiger partial charge is 0.419 e. The molecule has 1 N–H and O–H groups in total. The summed E-state index contributed by atoms with van der Waals surface area (Å²) in [5, 5.41) is 9.77. The number of fused-ring (bicyclic) bond motifs is 1. The molecule has 0 unspecified atom stereocenters. The lowest BCUT2D eigenvalue weighted by atomic mass is 9.78. The van der Waals surface area contributed by atoms with Gasteiger partial charge in [-0.25, -0.2) is 4.98 Å². The highest BCUT2D eigenvalue weighted by atomic mass is 32.1.